The fourth-order valence-corrected chi connectivity index (χ4v) is 1.76. The summed E-state index contributed by atoms with van der Waals surface area (Å²) < 4.78 is 1.56. The first-order valence-corrected chi connectivity index (χ1v) is 6.28. The smallest absolute Gasteiger partial charge is 0.305 e. The average molecular weight is 259 g/mol. The van der Waals surface area contributed by atoms with Crippen molar-refractivity contribution in [3.63, 3.8) is 0 Å². The maximum atomic E-state index is 10.5. The molecule has 2 rings (SSSR count). The van der Waals surface area contributed by atoms with Gasteiger partial charge in [-0.2, -0.15) is 5.10 Å². The minimum Gasteiger partial charge on any atom is -0.481 e. The number of benzene rings is 1. The van der Waals surface area contributed by atoms with Crippen molar-refractivity contribution in [2.24, 2.45) is 0 Å². The maximum Gasteiger partial charge on any atom is 0.305 e. The Bertz CT molecular complexity index is 558. The highest BCUT2D eigenvalue weighted by molar-refractivity contribution is 5.66. The van der Waals surface area contributed by atoms with Gasteiger partial charge in [0.25, 0.3) is 0 Å². The van der Waals surface area contributed by atoms with Crippen LogP contribution in [0.3, 0.4) is 0 Å². The molecule has 0 unspecified atom stereocenters. The average Bonchev–Trinajstić information content (AvgIpc) is 2.85. The van der Waals surface area contributed by atoms with Gasteiger partial charge >= 0.3 is 5.97 Å². The summed E-state index contributed by atoms with van der Waals surface area (Å²) in [5.41, 5.74) is 2.22. The molecule has 0 aliphatic rings. The SMILES string of the molecule is CC(C)c1ccc(-c2ncn(CCC(=O)O)n2)cc1. The molecule has 0 radical (unpaired) electrons. The van der Waals surface area contributed by atoms with E-state index >= 15 is 0 Å². The molecule has 1 aromatic carbocycles. The normalized spacial score (nSPS) is 10.9. The summed E-state index contributed by atoms with van der Waals surface area (Å²) in [5, 5.41) is 12.9. The molecule has 0 saturated carbocycles. The van der Waals surface area contributed by atoms with Gasteiger partial charge in [0.05, 0.1) is 13.0 Å². The lowest BCUT2D eigenvalue weighted by Gasteiger charge is -2.04. The van der Waals surface area contributed by atoms with Crippen LogP contribution in [0, 0.1) is 0 Å². The molecular formula is C14H17N3O2. The van der Waals surface area contributed by atoms with Gasteiger partial charge in [0.1, 0.15) is 6.33 Å². The number of hydrogen-bond donors (Lipinski definition) is 1. The summed E-state index contributed by atoms with van der Waals surface area (Å²) in [7, 11) is 0. The first kappa shape index (κ1) is 13.3. The van der Waals surface area contributed by atoms with Gasteiger partial charge in [-0.15, -0.1) is 0 Å². The molecule has 0 atom stereocenters. The van der Waals surface area contributed by atoms with Crippen LogP contribution in [0.15, 0.2) is 30.6 Å². The Morgan fingerprint density at radius 1 is 1.32 bits per heavy atom. The van der Waals surface area contributed by atoms with Crippen molar-refractivity contribution in [3.05, 3.63) is 36.2 Å². The molecule has 5 heteroatoms. The van der Waals surface area contributed by atoms with Gasteiger partial charge in [-0.1, -0.05) is 38.1 Å². The molecule has 0 aliphatic carbocycles. The fourth-order valence-electron chi connectivity index (χ4n) is 1.76. The molecule has 0 bridgehead atoms. The van der Waals surface area contributed by atoms with Crippen LogP contribution in [0.25, 0.3) is 11.4 Å². The summed E-state index contributed by atoms with van der Waals surface area (Å²) in [6.45, 7) is 4.63. The maximum absolute atomic E-state index is 10.5. The lowest BCUT2D eigenvalue weighted by atomic mass is 10.0. The minimum atomic E-state index is -0.835. The van der Waals surface area contributed by atoms with Crippen molar-refractivity contribution in [2.45, 2.75) is 32.7 Å². The number of carbonyl (C=O) groups is 1. The van der Waals surface area contributed by atoms with Gasteiger partial charge in [-0.05, 0) is 11.5 Å². The van der Waals surface area contributed by atoms with Crippen LogP contribution in [0.4, 0.5) is 0 Å². The van der Waals surface area contributed by atoms with E-state index in [0.29, 0.717) is 18.3 Å². The number of aryl methyl sites for hydroxylation is 1. The van der Waals surface area contributed by atoms with Crippen LogP contribution < -0.4 is 0 Å². The van der Waals surface area contributed by atoms with E-state index in [2.05, 4.69) is 36.1 Å². The molecule has 2 aromatic rings. The molecule has 0 amide bonds. The molecule has 0 fully saturated rings. The van der Waals surface area contributed by atoms with Gasteiger partial charge < -0.3 is 5.11 Å². The number of nitrogens with zero attached hydrogens (tertiary/aromatic N) is 3. The molecule has 1 aromatic heterocycles. The quantitative estimate of drug-likeness (QED) is 0.896. The molecule has 0 spiro atoms. The Hall–Kier alpha value is -2.17. The number of rotatable bonds is 5. The first-order chi connectivity index (χ1) is 9.06. The Morgan fingerprint density at radius 2 is 2.00 bits per heavy atom. The lowest BCUT2D eigenvalue weighted by molar-refractivity contribution is -0.137. The highest BCUT2D eigenvalue weighted by Gasteiger charge is 2.06. The highest BCUT2D eigenvalue weighted by Crippen LogP contribution is 2.19. The molecule has 100 valence electrons. The third-order valence-corrected chi connectivity index (χ3v) is 2.93. The Morgan fingerprint density at radius 3 is 2.58 bits per heavy atom. The van der Waals surface area contributed by atoms with Gasteiger partial charge in [-0.3, -0.25) is 9.48 Å². The van der Waals surface area contributed by atoms with E-state index < -0.39 is 5.97 Å². The van der Waals surface area contributed by atoms with Crippen molar-refractivity contribution >= 4 is 5.97 Å². The summed E-state index contributed by atoms with van der Waals surface area (Å²) in [5.74, 6) is 0.286. The van der Waals surface area contributed by atoms with E-state index in [1.807, 2.05) is 12.1 Å². The van der Waals surface area contributed by atoms with Crippen molar-refractivity contribution in [3.8, 4) is 11.4 Å². The van der Waals surface area contributed by atoms with Gasteiger partial charge in [0.2, 0.25) is 0 Å². The largest absolute Gasteiger partial charge is 0.481 e. The van der Waals surface area contributed by atoms with E-state index in [4.69, 9.17) is 5.11 Å². The van der Waals surface area contributed by atoms with Crippen molar-refractivity contribution in [1.82, 2.24) is 14.8 Å². The number of aromatic nitrogens is 3. The van der Waals surface area contributed by atoms with Gasteiger partial charge in [0, 0.05) is 5.56 Å². The number of aliphatic carboxylic acids is 1. The van der Waals surface area contributed by atoms with E-state index in [0.717, 1.165) is 5.56 Å². The van der Waals surface area contributed by atoms with E-state index in [9.17, 15) is 4.79 Å². The van der Waals surface area contributed by atoms with Crippen LogP contribution in [-0.4, -0.2) is 25.8 Å². The monoisotopic (exact) mass is 259 g/mol. The predicted octanol–water partition coefficient (Wildman–Crippen LogP) is 2.54. The topological polar surface area (TPSA) is 68.0 Å². The minimum absolute atomic E-state index is 0.0507. The highest BCUT2D eigenvalue weighted by atomic mass is 16.4. The van der Waals surface area contributed by atoms with E-state index in [-0.39, 0.29) is 6.42 Å². The number of hydrogen-bond acceptors (Lipinski definition) is 3. The van der Waals surface area contributed by atoms with Crippen molar-refractivity contribution in [1.29, 1.82) is 0 Å². The van der Waals surface area contributed by atoms with Crippen LogP contribution in [0.5, 0.6) is 0 Å². The first-order valence-electron chi connectivity index (χ1n) is 6.28. The zero-order chi connectivity index (χ0) is 13.8. The summed E-state index contributed by atoms with van der Waals surface area (Å²) >= 11 is 0. The zero-order valence-electron chi connectivity index (χ0n) is 11.1. The van der Waals surface area contributed by atoms with Crippen LogP contribution in [0.2, 0.25) is 0 Å². The predicted molar refractivity (Wildman–Crippen MR) is 71.8 cm³/mol. The Balaban J connectivity index is 2.11. The Kier molecular flexibility index (Phi) is 3.94. The molecule has 1 heterocycles. The second kappa shape index (κ2) is 5.65. The molecular weight excluding hydrogens is 242 g/mol. The van der Waals surface area contributed by atoms with Crippen molar-refractivity contribution in [2.75, 3.05) is 0 Å². The van der Waals surface area contributed by atoms with Crippen LogP contribution in [0.1, 0.15) is 31.7 Å². The van der Waals surface area contributed by atoms with Gasteiger partial charge in [-0.25, -0.2) is 4.98 Å². The third kappa shape index (κ3) is 3.40. The molecule has 5 nitrogen and oxygen atoms in total. The van der Waals surface area contributed by atoms with E-state index in [1.54, 1.807) is 11.0 Å². The third-order valence-electron chi connectivity index (χ3n) is 2.93. The molecule has 0 saturated heterocycles. The summed E-state index contributed by atoms with van der Waals surface area (Å²) in [4.78, 5) is 14.7. The number of carboxylic acid groups (broad SMARTS) is 1. The number of carboxylic acids is 1. The fraction of sp³-hybridized carbons (Fsp3) is 0.357. The van der Waals surface area contributed by atoms with Crippen molar-refractivity contribution < 1.29 is 9.90 Å². The van der Waals surface area contributed by atoms with E-state index in [1.165, 1.54) is 5.56 Å². The van der Waals surface area contributed by atoms with Crippen LogP contribution >= 0.6 is 0 Å². The summed E-state index contributed by atoms with van der Waals surface area (Å²) in [6.07, 6.45) is 1.61. The van der Waals surface area contributed by atoms with Crippen LogP contribution in [-0.2, 0) is 11.3 Å². The molecule has 19 heavy (non-hydrogen) atoms. The molecule has 1 N–H and O–H groups in total. The standard InChI is InChI=1S/C14H17N3O2/c1-10(2)11-3-5-12(6-4-11)14-15-9-17(16-14)8-7-13(18)19/h3-6,9-10H,7-8H2,1-2H3,(H,18,19). The zero-order valence-corrected chi connectivity index (χ0v) is 11.1. The Labute approximate surface area is 111 Å². The molecule has 0 aliphatic heterocycles. The lowest BCUT2D eigenvalue weighted by Crippen LogP contribution is -2.04. The summed E-state index contributed by atoms with van der Waals surface area (Å²) in [6, 6.07) is 8.12. The second-order valence-electron chi connectivity index (χ2n) is 4.75. The second-order valence-corrected chi connectivity index (χ2v) is 4.75. The van der Waals surface area contributed by atoms with Gasteiger partial charge in [0.15, 0.2) is 5.82 Å².